The summed E-state index contributed by atoms with van der Waals surface area (Å²) in [6.45, 7) is 7.59. The molecule has 0 saturated heterocycles. The molecule has 1 aromatic heterocycles. The minimum absolute atomic E-state index is 0.0348. The fraction of sp³-hybridized carbons (Fsp3) is 0.200. The van der Waals surface area contributed by atoms with Crippen LogP contribution in [0.4, 0.5) is 5.69 Å². The van der Waals surface area contributed by atoms with E-state index in [1.807, 2.05) is 44.4 Å². The lowest BCUT2D eigenvalue weighted by Crippen LogP contribution is -2.39. The number of hydrazone groups is 1. The number of nitrogens with zero attached hydrogens (tertiary/aromatic N) is 3. The Balaban J connectivity index is 1.55. The molecule has 0 radical (unpaired) electrons. The molecule has 1 heterocycles. The average Bonchev–Trinajstić information content (AvgIpc) is 3.22. The highest BCUT2D eigenvalue weighted by Gasteiger charge is 2.27. The number of hydrogen-bond acceptors (Lipinski definition) is 5. The molecule has 0 fully saturated rings. The van der Waals surface area contributed by atoms with Crippen LogP contribution in [0, 0.1) is 20.8 Å². The van der Waals surface area contributed by atoms with Gasteiger partial charge in [0.1, 0.15) is 12.3 Å². The highest BCUT2D eigenvalue weighted by molar-refractivity contribution is 7.92. The highest BCUT2D eigenvalue weighted by atomic mass is 35.5. The Morgan fingerprint density at radius 2 is 1.66 bits per heavy atom. The van der Waals surface area contributed by atoms with Crippen molar-refractivity contribution in [1.29, 1.82) is 0 Å². The van der Waals surface area contributed by atoms with Crippen LogP contribution < -0.4 is 14.5 Å². The minimum atomic E-state index is -4.08. The summed E-state index contributed by atoms with van der Waals surface area (Å²) in [5.41, 5.74) is 7.19. The first-order chi connectivity index (χ1) is 19.5. The number of hydrogen-bond donors (Lipinski definition) is 1. The monoisotopic (exact) mass is 612 g/mol. The standard InChI is InChI=1S/C30H30Cl2N4O4S/c1-5-40-26-11-13-27(14-12-26)41(38,39)35(24-8-6-20(2)7-9-24)19-30(37)34-33-18-23-16-21(3)36(22(23)4)25-10-15-28(31)29(32)17-25/h6-18H,5,19H2,1-4H3,(H,34,37)/b33-18-. The predicted molar refractivity (Wildman–Crippen MR) is 164 cm³/mol. The number of nitrogens with one attached hydrogen (secondary N) is 1. The molecule has 1 amide bonds. The van der Waals surface area contributed by atoms with Crippen molar-refractivity contribution in [2.75, 3.05) is 17.5 Å². The van der Waals surface area contributed by atoms with Crippen molar-refractivity contribution < 1.29 is 17.9 Å². The largest absolute Gasteiger partial charge is 0.494 e. The van der Waals surface area contributed by atoms with Crippen molar-refractivity contribution in [2.45, 2.75) is 32.6 Å². The summed E-state index contributed by atoms with van der Waals surface area (Å²) in [6.07, 6.45) is 1.52. The molecule has 1 N–H and O–H groups in total. The first kappa shape index (κ1) is 30.2. The fourth-order valence-electron chi connectivity index (χ4n) is 4.31. The molecule has 4 aromatic rings. The topological polar surface area (TPSA) is 93.0 Å². The van der Waals surface area contributed by atoms with E-state index in [9.17, 15) is 13.2 Å². The summed E-state index contributed by atoms with van der Waals surface area (Å²) in [4.78, 5) is 13.0. The molecule has 11 heteroatoms. The number of anilines is 1. The molecular weight excluding hydrogens is 583 g/mol. The van der Waals surface area contributed by atoms with E-state index in [1.165, 1.54) is 18.3 Å². The molecule has 8 nitrogen and oxygen atoms in total. The second kappa shape index (κ2) is 12.8. The molecule has 0 aliphatic heterocycles. The van der Waals surface area contributed by atoms with E-state index in [-0.39, 0.29) is 4.90 Å². The van der Waals surface area contributed by atoms with Crippen molar-refractivity contribution in [3.8, 4) is 11.4 Å². The Labute approximate surface area is 250 Å². The summed E-state index contributed by atoms with van der Waals surface area (Å²) in [6, 6.07) is 20.3. The number of aromatic nitrogens is 1. The van der Waals surface area contributed by atoms with Gasteiger partial charge in [-0.05, 0) is 88.4 Å². The number of carbonyl (C=O) groups excluding carboxylic acids is 1. The quantitative estimate of drug-likeness (QED) is 0.164. The van der Waals surface area contributed by atoms with Gasteiger partial charge in [-0.1, -0.05) is 40.9 Å². The second-order valence-corrected chi connectivity index (χ2v) is 12.0. The molecular formula is C30H30Cl2N4O4S. The predicted octanol–water partition coefficient (Wildman–Crippen LogP) is 6.45. The maximum absolute atomic E-state index is 13.6. The third-order valence-corrected chi connectivity index (χ3v) is 8.88. The maximum atomic E-state index is 13.6. The molecule has 3 aromatic carbocycles. The average molecular weight is 614 g/mol. The summed E-state index contributed by atoms with van der Waals surface area (Å²) in [7, 11) is -4.08. The van der Waals surface area contributed by atoms with Crippen molar-refractivity contribution in [3.05, 3.63) is 105 Å². The van der Waals surface area contributed by atoms with Crippen LogP contribution in [-0.4, -0.2) is 38.3 Å². The first-order valence-corrected chi connectivity index (χ1v) is 15.0. The lowest BCUT2D eigenvalue weighted by Gasteiger charge is -2.24. The second-order valence-electron chi connectivity index (χ2n) is 9.31. The normalized spacial score (nSPS) is 11.6. The van der Waals surface area contributed by atoms with Gasteiger partial charge in [0.05, 0.1) is 33.4 Å². The molecule has 0 saturated carbocycles. The van der Waals surface area contributed by atoms with E-state index in [4.69, 9.17) is 27.9 Å². The molecule has 0 bridgehead atoms. The lowest BCUT2D eigenvalue weighted by atomic mass is 10.2. The SMILES string of the molecule is CCOc1ccc(S(=O)(=O)N(CC(=O)N/N=C\c2cc(C)n(-c3ccc(Cl)c(Cl)c3)c2C)c2ccc(C)cc2)cc1. The Kier molecular flexibility index (Phi) is 9.42. The van der Waals surface area contributed by atoms with Crippen LogP contribution in [0.5, 0.6) is 5.75 Å². The summed E-state index contributed by atoms with van der Waals surface area (Å²) >= 11 is 12.3. The zero-order valence-electron chi connectivity index (χ0n) is 23.1. The number of sulfonamides is 1. The van der Waals surface area contributed by atoms with Gasteiger partial charge in [0.2, 0.25) is 0 Å². The van der Waals surface area contributed by atoms with Crippen LogP contribution in [-0.2, 0) is 14.8 Å². The zero-order chi connectivity index (χ0) is 29.7. The number of aryl methyl sites for hydroxylation is 2. The number of amides is 1. The van der Waals surface area contributed by atoms with Crippen LogP contribution in [0.1, 0.15) is 29.4 Å². The van der Waals surface area contributed by atoms with E-state index in [0.29, 0.717) is 28.1 Å². The Bertz CT molecular complexity index is 1680. The highest BCUT2D eigenvalue weighted by Crippen LogP contribution is 2.28. The molecule has 4 rings (SSSR count). The number of ether oxygens (including phenoxy) is 1. The van der Waals surface area contributed by atoms with Crippen LogP contribution in [0.25, 0.3) is 5.69 Å². The Morgan fingerprint density at radius 1 is 0.976 bits per heavy atom. The Hall–Kier alpha value is -3.79. The first-order valence-electron chi connectivity index (χ1n) is 12.8. The smallest absolute Gasteiger partial charge is 0.264 e. The van der Waals surface area contributed by atoms with Gasteiger partial charge in [-0.25, -0.2) is 13.8 Å². The number of halogens is 2. The van der Waals surface area contributed by atoms with Gasteiger partial charge < -0.3 is 9.30 Å². The van der Waals surface area contributed by atoms with Crippen LogP contribution in [0.2, 0.25) is 10.0 Å². The van der Waals surface area contributed by atoms with Crippen molar-refractivity contribution in [1.82, 2.24) is 9.99 Å². The van der Waals surface area contributed by atoms with E-state index in [1.54, 1.807) is 48.5 Å². The van der Waals surface area contributed by atoms with Crippen LogP contribution in [0.15, 0.2) is 82.8 Å². The van der Waals surface area contributed by atoms with Gasteiger partial charge in [0, 0.05) is 22.6 Å². The van der Waals surface area contributed by atoms with Gasteiger partial charge >= 0.3 is 0 Å². The number of benzene rings is 3. The van der Waals surface area contributed by atoms with Gasteiger partial charge in [-0.3, -0.25) is 9.10 Å². The van der Waals surface area contributed by atoms with Crippen molar-refractivity contribution in [2.24, 2.45) is 5.10 Å². The van der Waals surface area contributed by atoms with Gasteiger partial charge in [-0.2, -0.15) is 5.10 Å². The van der Waals surface area contributed by atoms with Crippen molar-refractivity contribution >= 4 is 51.0 Å². The molecule has 41 heavy (non-hydrogen) atoms. The molecule has 214 valence electrons. The molecule has 0 atom stereocenters. The summed E-state index contributed by atoms with van der Waals surface area (Å²) < 4.78 is 35.7. The third-order valence-electron chi connectivity index (χ3n) is 6.36. The van der Waals surface area contributed by atoms with Gasteiger partial charge in [0.25, 0.3) is 15.9 Å². The van der Waals surface area contributed by atoms with E-state index in [0.717, 1.165) is 32.5 Å². The molecule has 0 spiro atoms. The summed E-state index contributed by atoms with van der Waals surface area (Å²) in [5, 5.41) is 5.01. The van der Waals surface area contributed by atoms with Gasteiger partial charge in [0.15, 0.2) is 0 Å². The zero-order valence-corrected chi connectivity index (χ0v) is 25.4. The third kappa shape index (κ3) is 6.93. The van der Waals surface area contributed by atoms with E-state index < -0.39 is 22.5 Å². The van der Waals surface area contributed by atoms with Crippen LogP contribution in [0.3, 0.4) is 0 Å². The summed E-state index contributed by atoms with van der Waals surface area (Å²) in [5.74, 6) is -0.0476. The van der Waals surface area contributed by atoms with E-state index >= 15 is 0 Å². The number of rotatable bonds is 10. The molecule has 0 aliphatic carbocycles. The maximum Gasteiger partial charge on any atom is 0.264 e. The lowest BCUT2D eigenvalue weighted by molar-refractivity contribution is -0.119. The van der Waals surface area contributed by atoms with Crippen molar-refractivity contribution in [3.63, 3.8) is 0 Å². The number of carbonyl (C=O) groups is 1. The molecule has 0 unspecified atom stereocenters. The minimum Gasteiger partial charge on any atom is -0.494 e. The van der Waals surface area contributed by atoms with Gasteiger partial charge in [-0.15, -0.1) is 0 Å². The van der Waals surface area contributed by atoms with Crippen LogP contribution >= 0.6 is 23.2 Å². The molecule has 0 aliphatic rings. The Morgan fingerprint density at radius 3 is 2.29 bits per heavy atom. The van der Waals surface area contributed by atoms with E-state index in [2.05, 4.69) is 10.5 Å². The fourth-order valence-corrected chi connectivity index (χ4v) is 6.02.